The molecule has 0 spiro atoms. The van der Waals surface area contributed by atoms with Crippen molar-refractivity contribution in [3.8, 4) is 0 Å². The van der Waals surface area contributed by atoms with Crippen molar-refractivity contribution < 1.29 is 4.21 Å². The van der Waals surface area contributed by atoms with Gasteiger partial charge < -0.3 is 5.32 Å². The third-order valence-corrected chi connectivity index (χ3v) is 6.93. The predicted octanol–water partition coefficient (Wildman–Crippen LogP) is 5.47. The highest BCUT2D eigenvalue weighted by Crippen LogP contribution is 2.38. The van der Waals surface area contributed by atoms with Crippen LogP contribution >= 0.6 is 11.6 Å². The van der Waals surface area contributed by atoms with Crippen molar-refractivity contribution in [2.24, 2.45) is 5.92 Å². The lowest BCUT2D eigenvalue weighted by molar-refractivity contribution is 0.415. The molecule has 2 heterocycles. The van der Waals surface area contributed by atoms with E-state index in [0.29, 0.717) is 16.8 Å². The maximum absolute atomic E-state index is 12.8. The summed E-state index contributed by atoms with van der Waals surface area (Å²) in [5.74, 6) is 1.04. The van der Waals surface area contributed by atoms with Crippen LogP contribution < -0.4 is 10.0 Å². The SMILES string of the molecule is Cc1ccc(Nc2ncc([C@H](N[S@](=O)C(C)(C)C)C3CCCC3)cc2Cl)cn1. The van der Waals surface area contributed by atoms with Gasteiger partial charge in [-0.1, -0.05) is 24.4 Å². The Hall–Kier alpha value is -1.50. The van der Waals surface area contributed by atoms with Gasteiger partial charge in [-0.05, 0) is 70.2 Å². The first-order valence-electron chi connectivity index (χ1n) is 9.77. The van der Waals surface area contributed by atoms with Crippen LogP contribution in [0, 0.1) is 12.8 Å². The Morgan fingerprint density at radius 2 is 1.89 bits per heavy atom. The third kappa shape index (κ3) is 5.31. The van der Waals surface area contributed by atoms with Crippen LogP contribution in [-0.4, -0.2) is 18.9 Å². The zero-order chi connectivity index (χ0) is 20.3. The van der Waals surface area contributed by atoms with Gasteiger partial charge in [-0.3, -0.25) is 4.98 Å². The molecule has 2 N–H and O–H groups in total. The second-order valence-electron chi connectivity index (χ2n) is 8.43. The molecule has 2 atom stereocenters. The quantitative estimate of drug-likeness (QED) is 0.650. The van der Waals surface area contributed by atoms with Crippen molar-refractivity contribution in [3.05, 3.63) is 46.9 Å². The minimum absolute atomic E-state index is 0.0114. The number of pyridine rings is 2. The second kappa shape index (κ2) is 8.89. The lowest BCUT2D eigenvalue weighted by atomic mass is 9.93. The van der Waals surface area contributed by atoms with E-state index in [-0.39, 0.29) is 10.8 Å². The average molecular weight is 421 g/mol. The highest BCUT2D eigenvalue weighted by molar-refractivity contribution is 7.84. The molecule has 1 fully saturated rings. The number of rotatable bonds is 6. The number of nitrogens with zero attached hydrogens (tertiary/aromatic N) is 2. The molecule has 1 aliphatic rings. The number of anilines is 2. The monoisotopic (exact) mass is 420 g/mol. The summed E-state index contributed by atoms with van der Waals surface area (Å²) >= 11 is 6.54. The molecular formula is C21H29ClN4OS. The van der Waals surface area contributed by atoms with Gasteiger partial charge in [0.25, 0.3) is 0 Å². The Labute approximate surface area is 175 Å². The van der Waals surface area contributed by atoms with Crippen LogP contribution in [0.15, 0.2) is 30.6 Å². The van der Waals surface area contributed by atoms with Gasteiger partial charge in [-0.15, -0.1) is 0 Å². The summed E-state index contributed by atoms with van der Waals surface area (Å²) in [6.07, 6.45) is 8.29. The van der Waals surface area contributed by atoms with Gasteiger partial charge in [0.1, 0.15) is 5.82 Å². The Bertz CT molecular complexity index is 829. The van der Waals surface area contributed by atoms with E-state index < -0.39 is 11.0 Å². The van der Waals surface area contributed by atoms with E-state index in [1.54, 1.807) is 6.20 Å². The van der Waals surface area contributed by atoms with Crippen LogP contribution in [0.3, 0.4) is 0 Å². The first-order valence-corrected chi connectivity index (χ1v) is 11.3. The summed E-state index contributed by atoms with van der Waals surface area (Å²) in [4.78, 5) is 8.83. The number of aryl methyl sites for hydroxylation is 1. The molecule has 152 valence electrons. The fraction of sp³-hybridized carbons (Fsp3) is 0.524. The molecule has 7 heteroatoms. The molecule has 0 bridgehead atoms. The molecule has 0 saturated heterocycles. The normalized spacial score (nSPS) is 17.5. The number of aromatic nitrogens is 2. The van der Waals surface area contributed by atoms with Crippen molar-refractivity contribution in [2.45, 2.75) is 64.2 Å². The molecular weight excluding hydrogens is 392 g/mol. The number of halogens is 1. The topological polar surface area (TPSA) is 66.9 Å². The van der Waals surface area contributed by atoms with Crippen LogP contribution in [-0.2, 0) is 11.0 Å². The van der Waals surface area contributed by atoms with Crippen molar-refractivity contribution in [1.29, 1.82) is 0 Å². The lowest BCUT2D eigenvalue weighted by Gasteiger charge is -2.28. The third-order valence-electron chi connectivity index (χ3n) is 5.06. The smallest absolute Gasteiger partial charge is 0.149 e. The fourth-order valence-corrected chi connectivity index (χ4v) is 4.55. The van der Waals surface area contributed by atoms with Gasteiger partial charge in [0.15, 0.2) is 0 Å². The van der Waals surface area contributed by atoms with Crippen LogP contribution in [0.5, 0.6) is 0 Å². The molecule has 2 aromatic rings. The fourth-order valence-electron chi connectivity index (χ4n) is 3.41. The average Bonchev–Trinajstić information content (AvgIpc) is 3.16. The first kappa shape index (κ1) is 21.2. The summed E-state index contributed by atoms with van der Waals surface area (Å²) in [5.41, 5.74) is 2.78. The Balaban J connectivity index is 1.83. The second-order valence-corrected chi connectivity index (χ2v) is 10.8. The van der Waals surface area contributed by atoms with Crippen LogP contribution in [0.1, 0.15) is 63.8 Å². The summed E-state index contributed by atoms with van der Waals surface area (Å²) in [7, 11) is -1.15. The van der Waals surface area contributed by atoms with Crippen molar-refractivity contribution in [3.63, 3.8) is 0 Å². The van der Waals surface area contributed by atoms with E-state index in [4.69, 9.17) is 11.6 Å². The maximum atomic E-state index is 12.8. The standard InChI is InChI=1S/C21H29ClN4OS/c1-14-9-10-17(13-23-14)25-20-18(22)11-16(12-24-20)19(15-7-5-6-8-15)26-28(27)21(2,3)4/h9-13,15,19,26H,5-8H2,1-4H3,(H,24,25)/t19-,28-/m1/s1. The number of hydrogen-bond donors (Lipinski definition) is 2. The molecule has 0 amide bonds. The molecule has 1 aliphatic carbocycles. The van der Waals surface area contributed by atoms with Crippen LogP contribution in [0.25, 0.3) is 0 Å². The van der Waals surface area contributed by atoms with Gasteiger partial charge in [-0.2, -0.15) is 0 Å². The zero-order valence-corrected chi connectivity index (χ0v) is 18.5. The van der Waals surface area contributed by atoms with Gasteiger partial charge in [0.2, 0.25) is 0 Å². The largest absolute Gasteiger partial charge is 0.338 e. The lowest BCUT2D eigenvalue weighted by Crippen LogP contribution is -2.38. The van der Waals surface area contributed by atoms with E-state index in [0.717, 1.165) is 29.8 Å². The Kier molecular flexibility index (Phi) is 6.73. The zero-order valence-electron chi connectivity index (χ0n) is 17.0. The molecule has 3 rings (SSSR count). The number of nitrogens with one attached hydrogen (secondary N) is 2. The summed E-state index contributed by atoms with van der Waals surface area (Å²) in [5, 5.41) is 3.76. The van der Waals surface area contributed by atoms with E-state index in [2.05, 4.69) is 20.0 Å². The molecule has 1 saturated carbocycles. The van der Waals surface area contributed by atoms with Gasteiger partial charge in [0.05, 0.1) is 32.6 Å². The summed E-state index contributed by atoms with van der Waals surface area (Å²) in [6.45, 7) is 7.89. The molecule has 28 heavy (non-hydrogen) atoms. The highest BCUT2D eigenvalue weighted by atomic mass is 35.5. The summed E-state index contributed by atoms with van der Waals surface area (Å²) in [6, 6.07) is 5.81. The molecule has 2 aromatic heterocycles. The van der Waals surface area contributed by atoms with Crippen molar-refractivity contribution in [2.75, 3.05) is 5.32 Å². The molecule has 0 aromatic carbocycles. The van der Waals surface area contributed by atoms with Gasteiger partial charge in [-0.25, -0.2) is 13.9 Å². The van der Waals surface area contributed by atoms with Crippen molar-refractivity contribution in [1.82, 2.24) is 14.7 Å². The molecule has 0 unspecified atom stereocenters. The molecule has 0 radical (unpaired) electrons. The van der Waals surface area contributed by atoms with Crippen molar-refractivity contribution >= 4 is 34.1 Å². The van der Waals surface area contributed by atoms with E-state index in [1.807, 2.05) is 52.1 Å². The maximum Gasteiger partial charge on any atom is 0.149 e. The van der Waals surface area contributed by atoms with Gasteiger partial charge in [0, 0.05) is 17.9 Å². The van der Waals surface area contributed by atoms with Crippen LogP contribution in [0.2, 0.25) is 5.02 Å². The molecule has 5 nitrogen and oxygen atoms in total. The Morgan fingerprint density at radius 1 is 1.18 bits per heavy atom. The van der Waals surface area contributed by atoms with Crippen LogP contribution in [0.4, 0.5) is 11.5 Å². The minimum Gasteiger partial charge on any atom is -0.338 e. The highest BCUT2D eigenvalue weighted by Gasteiger charge is 2.31. The van der Waals surface area contributed by atoms with E-state index in [9.17, 15) is 4.21 Å². The van der Waals surface area contributed by atoms with E-state index in [1.165, 1.54) is 12.8 Å². The van der Waals surface area contributed by atoms with Gasteiger partial charge >= 0.3 is 0 Å². The minimum atomic E-state index is -1.15. The predicted molar refractivity (Wildman–Crippen MR) is 117 cm³/mol. The first-order chi connectivity index (χ1) is 13.2. The number of hydrogen-bond acceptors (Lipinski definition) is 4. The Morgan fingerprint density at radius 3 is 2.46 bits per heavy atom. The van der Waals surface area contributed by atoms with E-state index >= 15 is 0 Å². The molecule has 0 aliphatic heterocycles. The summed E-state index contributed by atoms with van der Waals surface area (Å²) < 4.78 is 15.8.